The van der Waals surface area contributed by atoms with Crippen LogP contribution in [0.25, 0.3) is 10.2 Å². The number of thiazole rings is 1. The lowest BCUT2D eigenvalue weighted by Gasteiger charge is -2.08. The number of hydrogen-bond acceptors (Lipinski definition) is 5. The van der Waals surface area contributed by atoms with E-state index in [9.17, 15) is 13.2 Å². The molecule has 0 aliphatic carbocycles. The third-order valence-corrected chi connectivity index (χ3v) is 5.58. The van der Waals surface area contributed by atoms with Gasteiger partial charge >= 0.3 is 0 Å². The molecule has 2 aromatic carbocycles. The third kappa shape index (κ3) is 3.66. The first-order chi connectivity index (χ1) is 11.3. The molecular weight excluding hydrogens is 370 g/mol. The highest BCUT2D eigenvalue weighted by atomic mass is 35.5. The quantitative estimate of drug-likeness (QED) is 0.721. The molecule has 0 unspecified atom stereocenters. The predicted octanol–water partition coefficient (Wildman–Crippen LogP) is 3.71. The minimum atomic E-state index is -3.74. The summed E-state index contributed by atoms with van der Waals surface area (Å²) in [5.41, 5.74) is 1.08. The van der Waals surface area contributed by atoms with Gasteiger partial charge in [-0.2, -0.15) is 0 Å². The fourth-order valence-electron chi connectivity index (χ4n) is 2.04. The van der Waals surface area contributed by atoms with Crippen molar-refractivity contribution >= 4 is 59.9 Å². The van der Waals surface area contributed by atoms with Crippen molar-refractivity contribution in [3.8, 4) is 0 Å². The molecule has 0 aliphatic rings. The fraction of sp³-hybridized carbons (Fsp3) is 0.0667. The van der Waals surface area contributed by atoms with Crippen LogP contribution in [0.5, 0.6) is 0 Å². The van der Waals surface area contributed by atoms with Gasteiger partial charge in [0.25, 0.3) is 10.0 Å². The zero-order chi connectivity index (χ0) is 17.3. The van der Waals surface area contributed by atoms with Crippen LogP contribution in [-0.2, 0) is 14.8 Å². The number of hydrogen-bond donors (Lipinski definition) is 2. The van der Waals surface area contributed by atoms with E-state index in [1.807, 2.05) is 0 Å². The van der Waals surface area contributed by atoms with Crippen LogP contribution in [0.2, 0.25) is 5.02 Å². The normalized spacial score (nSPS) is 11.4. The van der Waals surface area contributed by atoms with E-state index in [1.54, 1.807) is 30.3 Å². The van der Waals surface area contributed by atoms with Crippen molar-refractivity contribution in [2.24, 2.45) is 0 Å². The van der Waals surface area contributed by atoms with E-state index in [1.165, 1.54) is 30.4 Å². The number of fused-ring (bicyclic) bond motifs is 1. The van der Waals surface area contributed by atoms with Gasteiger partial charge < -0.3 is 5.32 Å². The number of sulfonamides is 1. The van der Waals surface area contributed by atoms with Gasteiger partial charge in [0.05, 0.1) is 20.8 Å². The summed E-state index contributed by atoms with van der Waals surface area (Å²) < 4.78 is 28.1. The Morgan fingerprint density at radius 3 is 2.71 bits per heavy atom. The second-order valence-electron chi connectivity index (χ2n) is 4.95. The van der Waals surface area contributed by atoms with Crippen LogP contribution in [0, 0.1) is 0 Å². The van der Waals surface area contributed by atoms with Crippen molar-refractivity contribution in [2.75, 3.05) is 10.0 Å². The first-order valence-corrected chi connectivity index (χ1v) is 9.48. The lowest BCUT2D eigenvalue weighted by Crippen LogP contribution is -2.12. The molecule has 6 nitrogen and oxygen atoms in total. The average molecular weight is 382 g/mol. The topological polar surface area (TPSA) is 88.2 Å². The van der Waals surface area contributed by atoms with Gasteiger partial charge in [-0.1, -0.05) is 29.0 Å². The van der Waals surface area contributed by atoms with Crippen LogP contribution in [0.4, 0.5) is 10.8 Å². The predicted molar refractivity (Wildman–Crippen MR) is 96.2 cm³/mol. The summed E-state index contributed by atoms with van der Waals surface area (Å²) in [4.78, 5) is 15.4. The molecule has 0 radical (unpaired) electrons. The standard InChI is InChI=1S/C15H12ClN3O3S2/c1-9(20)17-15-18-13-6-5-11(8-14(13)23-15)19-24(21,22)12-4-2-3-10(16)7-12/h2-8,19H,1H3,(H,17,18,20). The van der Waals surface area contributed by atoms with E-state index in [4.69, 9.17) is 11.6 Å². The van der Waals surface area contributed by atoms with Crippen molar-refractivity contribution in [3.63, 3.8) is 0 Å². The number of aromatic nitrogens is 1. The smallest absolute Gasteiger partial charge is 0.261 e. The van der Waals surface area contributed by atoms with Gasteiger partial charge in [-0.25, -0.2) is 13.4 Å². The van der Waals surface area contributed by atoms with Crippen LogP contribution in [0.1, 0.15) is 6.92 Å². The van der Waals surface area contributed by atoms with Crippen molar-refractivity contribution < 1.29 is 13.2 Å². The van der Waals surface area contributed by atoms with Gasteiger partial charge in [0.1, 0.15) is 0 Å². The van der Waals surface area contributed by atoms with Gasteiger partial charge in [-0.05, 0) is 36.4 Å². The first kappa shape index (κ1) is 16.7. The summed E-state index contributed by atoms with van der Waals surface area (Å²) in [6, 6.07) is 11.0. The summed E-state index contributed by atoms with van der Waals surface area (Å²) >= 11 is 7.11. The lowest BCUT2D eigenvalue weighted by molar-refractivity contribution is -0.114. The second-order valence-corrected chi connectivity index (χ2v) is 8.10. The van der Waals surface area contributed by atoms with Crippen molar-refractivity contribution in [2.45, 2.75) is 11.8 Å². The summed E-state index contributed by atoms with van der Waals surface area (Å²) in [5.74, 6) is -0.212. The Labute approximate surface area is 147 Å². The molecule has 0 fully saturated rings. The Morgan fingerprint density at radius 1 is 1.21 bits per heavy atom. The average Bonchev–Trinajstić information content (AvgIpc) is 2.87. The number of halogens is 1. The molecule has 124 valence electrons. The van der Waals surface area contributed by atoms with E-state index in [0.717, 1.165) is 4.70 Å². The number of carbonyl (C=O) groups is 1. The van der Waals surface area contributed by atoms with Gasteiger partial charge in [-0.15, -0.1) is 0 Å². The van der Waals surface area contributed by atoms with Crippen LogP contribution in [0.15, 0.2) is 47.4 Å². The number of benzene rings is 2. The highest BCUT2D eigenvalue weighted by Crippen LogP contribution is 2.29. The van der Waals surface area contributed by atoms with E-state index in [2.05, 4.69) is 15.0 Å². The maximum atomic E-state index is 12.4. The second kappa shape index (κ2) is 6.39. The van der Waals surface area contributed by atoms with E-state index in [0.29, 0.717) is 21.4 Å². The largest absolute Gasteiger partial charge is 0.302 e. The Bertz CT molecular complexity index is 1030. The van der Waals surface area contributed by atoms with Crippen LogP contribution in [0.3, 0.4) is 0 Å². The maximum absolute atomic E-state index is 12.4. The number of nitrogens with one attached hydrogen (secondary N) is 2. The van der Waals surface area contributed by atoms with Crippen molar-refractivity contribution in [1.29, 1.82) is 0 Å². The maximum Gasteiger partial charge on any atom is 0.261 e. The molecule has 0 saturated carbocycles. The fourth-order valence-corrected chi connectivity index (χ4v) is 4.34. The molecule has 9 heteroatoms. The lowest BCUT2D eigenvalue weighted by atomic mass is 10.3. The molecule has 1 heterocycles. The molecule has 1 aromatic heterocycles. The number of rotatable bonds is 4. The molecule has 0 spiro atoms. The van der Waals surface area contributed by atoms with Gasteiger partial charge in [0.2, 0.25) is 5.91 Å². The van der Waals surface area contributed by atoms with Gasteiger partial charge in [0.15, 0.2) is 5.13 Å². The first-order valence-electron chi connectivity index (χ1n) is 6.80. The summed E-state index contributed by atoms with van der Waals surface area (Å²) in [6.07, 6.45) is 0. The zero-order valence-electron chi connectivity index (χ0n) is 12.4. The summed E-state index contributed by atoms with van der Waals surface area (Å²) in [5, 5.41) is 3.42. The molecule has 0 atom stereocenters. The van der Waals surface area contributed by atoms with Crippen LogP contribution in [-0.4, -0.2) is 19.3 Å². The van der Waals surface area contributed by atoms with Gasteiger partial charge in [0, 0.05) is 11.9 Å². The zero-order valence-corrected chi connectivity index (χ0v) is 14.8. The number of amides is 1. The van der Waals surface area contributed by atoms with E-state index < -0.39 is 10.0 Å². The summed E-state index contributed by atoms with van der Waals surface area (Å²) in [7, 11) is -3.74. The van der Waals surface area contributed by atoms with Crippen molar-refractivity contribution in [3.05, 3.63) is 47.5 Å². The molecular formula is C15H12ClN3O3S2. The molecule has 3 rings (SSSR count). The molecule has 0 aliphatic heterocycles. The van der Waals surface area contributed by atoms with E-state index in [-0.39, 0.29) is 10.8 Å². The highest BCUT2D eigenvalue weighted by molar-refractivity contribution is 7.92. The van der Waals surface area contributed by atoms with Crippen LogP contribution >= 0.6 is 22.9 Å². The molecule has 0 bridgehead atoms. The highest BCUT2D eigenvalue weighted by Gasteiger charge is 2.15. The van der Waals surface area contributed by atoms with Gasteiger partial charge in [-0.3, -0.25) is 9.52 Å². The van der Waals surface area contributed by atoms with E-state index >= 15 is 0 Å². The Balaban J connectivity index is 1.91. The molecule has 1 amide bonds. The van der Waals surface area contributed by atoms with Crippen LogP contribution < -0.4 is 10.0 Å². The molecule has 2 N–H and O–H groups in total. The SMILES string of the molecule is CC(=O)Nc1nc2ccc(NS(=O)(=O)c3cccc(Cl)c3)cc2s1. The Hall–Kier alpha value is -2.16. The number of carbonyl (C=O) groups excluding carboxylic acids is 1. The molecule has 24 heavy (non-hydrogen) atoms. The minimum Gasteiger partial charge on any atom is -0.302 e. The molecule has 3 aromatic rings. The Morgan fingerprint density at radius 2 is 2.00 bits per heavy atom. The van der Waals surface area contributed by atoms with Crippen molar-refractivity contribution in [1.82, 2.24) is 4.98 Å². The minimum absolute atomic E-state index is 0.0818. The number of anilines is 2. The Kier molecular flexibility index (Phi) is 4.44. The number of nitrogens with zero attached hydrogens (tertiary/aromatic N) is 1. The monoisotopic (exact) mass is 381 g/mol. The third-order valence-electron chi connectivity index (χ3n) is 3.03. The summed E-state index contributed by atoms with van der Waals surface area (Å²) in [6.45, 7) is 1.40. The molecule has 0 saturated heterocycles.